The van der Waals surface area contributed by atoms with E-state index in [2.05, 4.69) is 23.3 Å². The van der Waals surface area contributed by atoms with Crippen LogP contribution in [0.2, 0.25) is 0 Å². The van der Waals surface area contributed by atoms with Crippen molar-refractivity contribution < 1.29 is 4.42 Å². The van der Waals surface area contributed by atoms with E-state index in [-0.39, 0.29) is 0 Å². The minimum absolute atomic E-state index is 0.845. The lowest BCUT2D eigenvalue weighted by molar-refractivity contribution is 0.495. The largest absolute Gasteiger partial charge is 0.440 e. The van der Waals surface area contributed by atoms with Crippen molar-refractivity contribution in [3.63, 3.8) is 0 Å². The van der Waals surface area contributed by atoms with Gasteiger partial charge in [-0.25, -0.2) is 4.98 Å². The van der Waals surface area contributed by atoms with Gasteiger partial charge < -0.3 is 9.73 Å². The SMILES string of the molecule is CCCNCCc1ncc(-c2cc3c(s2)CCCCC3)o1. The van der Waals surface area contributed by atoms with Crippen LogP contribution in [0.5, 0.6) is 0 Å². The number of aryl methyl sites for hydroxylation is 2. The van der Waals surface area contributed by atoms with Crippen LogP contribution in [0.15, 0.2) is 16.7 Å². The number of aromatic nitrogens is 1. The Kier molecular flexibility index (Phi) is 5.09. The lowest BCUT2D eigenvalue weighted by Crippen LogP contribution is -2.17. The molecular formula is C17H24N2OS. The highest BCUT2D eigenvalue weighted by Gasteiger charge is 2.15. The number of oxazole rings is 1. The van der Waals surface area contributed by atoms with Crippen molar-refractivity contribution >= 4 is 11.3 Å². The summed E-state index contributed by atoms with van der Waals surface area (Å²) in [6, 6.07) is 2.32. The molecule has 114 valence electrons. The molecule has 1 aliphatic carbocycles. The van der Waals surface area contributed by atoms with Crippen LogP contribution in [-0.4, -0.2) is 18.1 Å². The van der Waals surface area contributed by atoms with Gasteiger partial charge in [-0.3, -0.25) is 0 Å². The Balaban J connectivity index is 1.65. The van der Waals surface area contributed by atoms with Gasteiger partial charge in [0.15, 0.2) is 11.7 Å². The fourth-order valence-electron chi connectivity index (χ4n) is 2.83. The number of hydrogen-bond donors (Lipinski definition) is 1. The molecule has 1 N–H and O–H groups in total. The fraction of sp³-hybridized carbons (Fsp3) is 0.588. The molecule has 0 bridgehead atoms. The zero-order valence-electron chi connectivity index (χ0n) is 12.8. The molecule has 0 saturated carbocycles. The second-order valence-corrected chi connectivity index (χ2v) is 6.87. The van der Waals surface area contributed by atoms with E-state index in [1.807, 2.05) is 17.5 Å². The van der Waals surface area contributed by atoms with E-state index in [0.29, 0.717) is 0 Å². The molecule has 1 aliphatic rings. The molecule has 0 aromatic carbocycles. The third kappa shape index (κ3) is 3.74. The normalized spacial score (nSPS) is 14.9. The summed E-state index contributed by atoms with van der Waals surface area (Å²) in [5.41, 5.74) is 1.54. The third-order valence-electron chi connectivity index (χ3n) is 3.99. The Labute approximate surface area is 130 Å². The molecule has 3 nitrogen and oxygen atoms in total. The maximum Gasteiger partial charge on any atom is 0.196 e. The van der Waals surface area contributed by atoms with E-state index in [4.69, 9.17) is 4.42 Å². The van der Waals surface area contributed by atoms with Crippen molar-refractivity contribution in [1.82, 2.24) is 10.3 Å². The van der Waals surface area contributed by atoms with E-state index in [1.165, 1.54) is 42.5 Å². The molecule has 4 heteroatoms. The molecule has 3 rings (SSSR count). The van der Waals surface area contributed by atoms with Crippen molar-refractivity contribution in [2.24, 2.45) is 0 Å². The molecule has 2 aromatic heterocycles. The maximum absolute atomic E-state index is 5.92. The number of thiophene rings is 1. The molecule has 0 amide bonds. The van der Waals surface area contributed by atoms with Crippen LogP contribution in [-0.2, 0) is 19.3 Å². The predicted octanol–water partition coefficient (Wildman–Crippen LogP) is 4.21. The van der Waals surface area contributed by atoms with Crippen LogP contribution >= 0.6 is 11.3 Å². The van der Waals surface area contributed by atoms with E-state index in [9.17, 15) is 0 Å². The van der Waals surface area contributed by atoms with Gasteiger partial charge in [-0.2, -0.15) is 0 Å². The zero-order chi connectivity index (χ0) is 14.5. The first kappa shape index (κ1) is 14.8. The standard InChI is InChI=1S/C17H24N2OS/c1-2-9-18-10-8-17-19-12-14(20-17)16-11-13-6-4-3-5-7-15(13)21-16/h11-12,18H,2-10H2,1H3. The van der Waals surface area contributed by atoms with Gasteiger partial charge in [0, 0.05) is 17.8 Å². The Morgan fingerprint density at radius 2 is 2.14 bits per heavy atom. The van der Waals surface area contributed by atoms with E-state index < -0.39 is 0 Å². The Morgan fingerprint density at radius 3 is 3.05 bits per heavy atom. The number of nitrogens with zero attached hydrogens (tertiary/aromatic N) is 1. The molecule has 0 radical (unpaired) electrons. The molecule has 0 fully saturated rings. The van der Waals surface area contributed by atoms with Crippen LogP contribution in [0.1, 0.15) is 48.9 Å². The summed E-state index contributed by atoms with van der Waals surface area (Å²) in [6.45, 7) is 4.18. The minimum Gasteiger partial charge on any atom is -0.440 e. The van der Waals surface area contributed by atoms with Gasteiger partial charge in [-0.1, -0.05) is 13.3 Å². The average molecular weight is 304 g/mol. The van der Waals surface area contributed by atoms with E-state index >= 15 is 0 Å². The molecule has 0 spiro atoms. The summed E-state index contributed by atoms with van der Waals surface area (Å²) in [4.78, 5) is 7.23. The van der Waals surface area contributed by atoms with Crippen LogP contribution in [0.3, 0.4) is 0 Å². The molecule has 0 unspecified atom stereocenters. The first-order chi connectivity index (χ1) is 10.4. The first-order valence-corrected chi connectivity index (χ1v) is 8.96. The zero-order valence-corrected chi connectivity index (χ0v) is 13.6. The summed E-state index contributed by atoms with van der Waals surface area (Å²) < 4.78 is 5.92. The second kappa shape index (κ2) is 7.23. The first-order valence-electron chi connectivity index (χ1n) is 8.14. The van der Waals surface area contributed by atoms with Gasteiger partial charge in [0.25, 0.3) is 0 Å². The lowest BCUT2D eigenvalue weighted by atomic mass is 10.1. The molecule has 2 heterocycles. The van der Waals surface area contributed by atoms with Crippen LogP contribution in [0.25, 0.3) is 10.6 Å². The number of hydrogen-bond acceptors (Lipinski definition) is 4. The van der Waals surface area contributed by atoms with Crippen molar-refractivity contribution in [2.75, 3.05) is 13.1 Å². The van der Waals surface area contributed by atoms with Gasteiger partial charge in [-0.15, -0.1) is 11.3 Å². The van der Waals surface area contributed by atoms with Gasteiger partial charge in [0.2, 0.25) is 0 Å². The number of nitrogens with one attached hydrogen (secondary N) is 1. The van der Waals surface area contributed by atoms with Crippen LogP contribution in [0.4, 0.5) is 0 Å². The quantitative estimate of drug-likeness (QED) is 0.641. The summed E-state index contributed by atoms with van der Waals surface area (Å²) in [5.74, 6) is 1.79. The van der Waals surface area contributed by atoms with Gasteiger partial charge in [0.05, 0.1) is 11.1 Å². The Bertz CT molecular complexity index is 550. The van der Waals surface area contributed by atoms with Crippen LogP contribution < -0.4 is 5.32 Å². The lowest BCUT2D eigenvalue weighted by Gasteiger charge is -1.99. The summed E-state index contributed by atoms with van der Waals surface area (Å²) in [7, 11) is 0. The van der Waals surface area contributed by atoms with Crippen molar-refractivity contribution in [3.05, 3.63) is 28.6 Å². The van der Waals surface area contributed by atoms with Gasteiger partial charge in [0.1, 0.15) is 0 Å². The monoisotopic (exact) mass is 304 g/mol. The third-order valence-corrected chi connectivity index (χ3v) is 5.24. The smallest absolute Gasteiger partial charge is 0.196 e. The van der Waals surface area contributed by atoms with Gasteiger partial charge in [-0.05, 0) is 50.3 Å². The fourth-order valence-corrected chi connectivity index (χ4v) is 4.03. The van der Waals surface area contributed by atoms with Crippen molar-refractivity contribution in [1.29, 1.82) is 0 Å². The molecule has 0 saturated heterocycles. The highest BCUT2D eigenvalue weighted by Crippen LogP contribution is 2.35. The molecule has 21 heavy (non-hydrogen) atoms. The van der Waals surface area contributed by atoms with Crippen molar-refractivity contribution in [3.8, 4) is 10.6 Å². The summed E-state index contributed by atoms with van der Waals surface area (Å²) >= 11 is 1.90. The number of fused-ring (bicyclic) bond motifs is 1. The highest BCUT2D eigenvalue weighted by atomic mass is 32.1. The van der Waals surface area contributed by atoms with Crippen molar-refractivity contribution in [2.45, 2.75) is 51.9 Å². The topological polar surface area (TPSA) is 38.1 Å². The van der Waals surface area contributed by atoms with E-state index in [1.54, 1.807) is 4.88 Å². The van der Waals surface area contributed by atoms with Crippen LogP contribution in [0, 0.1) is 0 Å². The molecule has 0 atom stereocenters. The second-order valence-electron chi connectivity index (χ2n) is 5.74. The predicted molar refractivity (Wildman–Crippen MR) is 87.9 cm³/mol. The average Bonchev–Trinajstić information content (AvgIpc) is 3.06. The van der Waals surface area contributed by atoms with E-state index in [0.717, 1.165) is 37.6 Å². The molecule has 0 aliphatic heterocycles. The highest BCUT2D eigenvalue weighted by molar-refractivity contribution is 7.15. The Hall–Kier alpha value is -1.13. The Morgan fingerprint density at radius 1 is 1.24 bits per heavy atom. The molecular weight excluding hydrogens is 280 g/mol. The van der Waals surface area contributed by atoms with Gasteiger partial charge >= 0.3 is 0 Å². The molecule has 2 aromatic rings. The summed E-state index contributed by atoms with van der Waals surface area (Å²) in [5, 5.41) is 3.38. The summed E-state index contributed by atoms with van der Waals surface area (Å²) in [6.07, 6.45) is 10.4. The maximum atomic E-state index is 5.92. The number of rotatable bonds is 6. The minimum atomic E-state index is 0.845.